The van der Waals surface area contributed by atoms with Crippen LogP contribution < -0.4 is 5.56 Å². The Morgan fingerprint density at radius 3 is 2.69 bits per heavy atom. The highest BCUT2D eigenvalue weighted by atomic mass is 32.2. The molecule has 4 aromatic rings. The molecule has 3 heterocycles. The fourth-order valence-electron chi connectivity index (χ4n) is 2.92. The van der Waals surface area contributed by atoms with Crippen LogP contribution in [-0.2, 0) is 0 Å². The Balaban J connectivity index is 1.78. The predicted molar refractivity (Wildman–Crippen MR) is 108 cm³/mol. The van der Waals surface area contributed by atoms with Crippen molar-refractivity contribution in [3.8, 4) is 0 Å². The molecule has 1 unspecified atom stereocenters. The molecule has 3 aromatic heterocycles. The first-order valence-corrected chi connectivity index (χ1v) is 10.0. The van der Waals surface area contributed by atoms with Crippen molar-refractivity contribution in [3.63, 3.8) is 0 Å². The summed E-state index contributed by atoms with van der Waals surface area (Å²) in [6.45, 7) is 8.17. The maximum absolute atomic E-state index is 12.4. The Bertz CT molecular complexity index is 1200. The van der Waals surface area contributed by atoms with Crippen molar-refractivity contribution in [2.24, 2.45) is 0 Å². The molecule has 0 aliphatic heterocycles. The standard InChI is InChI=1S/C19H18N4OS2/c1-9-10(2)25-18-15(9)19(21-12(4)20-18)26-11(3)16-22-14-8-6-5-7-13(14)17(24)23-16/h5-8,11H,1-4H3,(H,22,23,24). The average Bonchev–Trinajstić information content (AvgIpc) is 2.88. The summed E-state index contributed by atoms with van der Waals surface area (Å²) in [5, 5.41) is 2.62. The van der Waals surface area contributed by atoms with Crippen LogP contribution in [0.4, 0.5) is 0 Å². The van der Waals surface area contributed by atoms with Gasteiger partial charge in [-0.1, -0.05) is 23.9 Å². The SMILES string of the molecule is Cc1nc(SC(C)c2nc3ccccc3c(=O)[nH]2)c2c(C)c(C)sc2n1. The number of nitrogens with zero attached hydrogens (tertiary/aromatic N) is 3. The van der Waals surface area contributed by atoms with Crippen LogP contribution in [-0.4, -0.2) is 19.9 Å². The molecule has 0 bridgehead atoms. The molecule has 0 aliphatic carbocycles. The third-order valence-corrected chi connectivity index (χ3v) is 6.61. The lowest BCUT2D eigenvalue weighted by Gasteiger charge is -2.12. The van der Waals surface area contributed by atoms with E-state index in [9.17, 15) is 4.79 Å². The zero-order chi connectivity index (χ0) is 18.4. The maximum Gasteiger partial charge on any atom is 0.258 e. The van der Waals surface area contributed by atoms with Crippen molar-refractivity contribution < 1.29 is 0 Å². The van der Waals surface area contributed by atoms with E-state index in [0.29, 0.717) is 16.7 Å². The van der Waals surface area contributed by atoms with Gasteiger partial charge < -0.3 is 4.98 Å². The first-order chi connectivity index (χ1) is 12.4. The van der Waals surface area contributed by atoms with E-state index in [0.717, 1.165) is 21.1 Å². The number of hydrogen-bond acceptors (Lipinski definition) is 6. The lowest BCUT2D eigenvalue weighted by atomic mass is 10.2. The summed E-state index contributed by atoms with van der Waals surface area (Å²) in [5.41, 5.74) is 1.83. The van der Waals surface area contributed by atoms with Gasteiger partial charge >= 0.3 is 0 Å². The third-order valence-electron chi connectivity index (χ3n) is 4.41. The van der Waals surface area contributed by atoms with Crippen LogP contribution in [0.2, 0.25) is 0 Å². The Hall–Kier alpha value is -2.25. The summed E-state index contributed by atoms with van der Waals surface area (Å²) >= 11 is 3.30. The van der Waals surface area contributed by atoms with Crippen LogP contribution >= 0.6 is 23.1 Å². The molecule has 1 aromatic carbocycles. The van der Waals surface area contributed by atoms with E-state index in [1.807, 2.05) is 32.0 Å². The molecule has 0 saturated heterocycles. The first kappa shape index (κ1) is 17.2. The number of thioether (sulfide) groups is 1. The molecule has 0 radical (unpaired) electrons. The second kappa shape index (κ2) is 6.48. The highest BCUT2D eigenvalue weighted by Gasteiger charge is 2.18. The van der Waals surface area contributed by atoms with Crippen LogP contribution in [0.15, 0.2) is 34.1 Å². The highest BCUT2D eigenvalue weighted by Crippen LogP contribution is 2.40. The van der Waals surface area contributed by atoms with E-state index in [4.69, 9.17) is 0 Å². The zero-order valence-electron chi connectivity index (χ0n) is 15.0. The summed E-state index contributed by atoms with van der Waals surface area (Å²) in [6.07, 6.45) is 0. The molecule has 26 heavy (non-hydrogen) atoms. The van der Waals surface area contributed by atoms with Gasteiger partial charge in [-0.05, 0) is 45.4 Å². The van der Waals surface area contributed by atoms with E-state index < -0.39 is 0 Å². The number of aromatic nitrogens is 4. The molecule has 0 fully saturated rings. The molecule has 0 amide bonds. The molecule has 0 spiro atoms. The molecular weight excluding hydrogens is 364 g/mol. The van der Waals surface area contributed by atoms with E-state index in [-0.39, 0.29) is 10.8 Å². The largest absolute Gasteiger partial charge is 0.309 e. The van der Waals surface area contributed by atoms with E-state index >= 15 is 0 Å². The van der Waals surface area contributed by atoms with Gasteiger partial charge in [-0.15, -0.1) is 11.3 Å². The van der Waals surface area contributed by atoms with Gasteiger partial charge in [-0.3, -0.25) is 4.79 Å². The lowest BCUT2D eigenvalue weighted by Crippen LogP contribution is -2.12. The number of para-hydroxylation sites is 1. The normalized spacial score (nSPS) is 12.8. The minimum atomic E-state index is -0.107. The Kier molecular flexibility index (Phi) is 4.28. The van der Waals surface area contributed by atoms with Crippen molar-refractivity contribution in [3.05, 3.63) is 56.7 Å². The summed E-state index contributed by atoms with van der Waals surface area (Å²) in [4.78, 5) is 31.4. The number of thiophene rings is 1. The molecule has 4 rings (SSSR count). The molecule has 5 nitrogen and oxygen atoms in total. The van der Waals surface area contributed by atoms with Gasteiger partial charge in [0.2, 0.25) is 0 Å². The number of rotatable bonds is 3. The predicted octanol–water partition coefficient (Wildman–Crippen LogP) is 4.71. The molecule has 0 saturated carbocycles. The summed E-state index contributed by atoms with van der Waals surface area (Å²) < 4.78 is 0. The van der Waals surface area contributed by atoms with Gasteiger partial charge in [0, 0.05) is 10.3 Å². The molecule has 1 N–H and O–H groups in total. The van der Waals surface area contributed by atoms with Gasteiger partial charge in [0.25, 0.3) is 5.56 Å². The van der Waals surface area contributed by atoms with Gasteiger partial charge in [0.15, 0.2) is 0 Å². The van der Waals surface area contributed by atoms with Crippen molar-refractivity contribution in [1.82, 2.24) is 19.9 Å². The van der Waals surface area contributed by atoms with Crippen LogP contribution in [0.1, 0.15) is 34.3 Å². The minimum Gasteiger partial charge on any atom is -0.309 e. The summed E-state index contributed by atoms with van der Waals surface area (Å²) in [6, 6.07) is 7.40. The number of benzene rings is 1. The topological polar surface area (TPSA) is 71.5 Å². The molecule has 0 aliphatic rings. The van der Waals surface area contributed by atoms with Crippen molar-refractivity contribution in [2.75, 3.05) is 0 Å². The number of nitrogens with one attached hydrogen (secondary N) is 1. The van der Waals surface area contributed by atoms with Gasteiger partial charge in [-0.25, -0.2) is 15.0 Å². The number of aryl methyl sites for hydroxylation is 3. The van der Waals surface area contributed by atoms with Crippen LogP contribution in [0, 0.1) is 20.8 Å². The van der Waals surface area contributed by atoms with Gasteiger partial charge in [-0.2, -0.15) is 0 Å². The van der Waals surface area contributed by atoms with E-state index in [1.54, 1.807) is 29.2 Å². The molecule has 1 atom stereocenters. The second-order valence-corrected chi connectivity index (χ2v) is 8.80. The van der Waals surface area contributed by atoms with Crippen LogP contribution in [0.3, 0.4) is 0 Å². The number of H-pyrrole nitrogens is 1. The monoisotopic (exact) mass is 382 g/mol. The second-order valence-electron chi connectivity index (χ2n) is 6.27. The van der Waals surface area contributed by atoms with Gasteiger partial charge in [0.05, 0.1) is 16.2 Å². The fourth-order valence-corrected chi connectivity index (χ4v) is 5.17. The van der Waals surface area contributed by atoms with Crippen LogP contribution in [0.25, 0.3) is 21.1 Å². The lowest BCUT2D eigenvalue weighted by molar-refractivity contribution is 0.915. The Morgan fingerprint density at radius 1 is 1.12 bits per heavy atom. The van der Waals surface area contributed by atoms with E-state index in [2.05, 4.69) is 33.8 Å². The quantitative estimate of drug-likeness (QED) is 0.410. The van der Waals surface area contributed by atoms with Crippen LogP contribution in [0.5, 0.6) is 0 Å². The molecule has 7 heteroatoms. The average molecular weight is 383 g/mol. The van der Waals surface area contributed by atoms with Gasteiger partial charge in [0.1, 0.15) is 21.5 Å². The zero-order valence-corrected chi connectivity index (χ0v) is 16.6. The number of aromatic amines is 1. The minimum absolute atomic E-state index is 0.0376. The Labute approximate surface area is 158 Å². The summed E-state index contributed by atoms with van der Waals surface area (Å²) in [5.74, 6) is 1.42. The maximum atomic E-state index is 12.4. The fraction of sp³-hybridized carbons (Fsp3) is 0.263. The Morgan fingerprint density at radius 2 is 1.88 bits per heavy atom. The molecular formula is C19H18N4OS2. The van der Waals surface area contributed by atoms with Crippen molar-refractivity contribution in [2.45, 2.75) is 38.0 Å². The third kappa shape index (κ3) is 2.91. The highest BCUT2D eigenvalue weighted by molar-refractivity contribution is 7.99. The van der Waals surface area contributed by atoms with Crippen molar-refractivity contribution in [1.29, 1.82) is 0 Å². The number of hydrogen-bond donors (Lipinski definition) is 1. The van der Waals surface area contributed by atoms with E-state index in [1.165, 1.54) is 10.4 Å². The number of fused-ring (bicyclic) bond motifs is 2. The first-order valence-electron chi connectivity index (χ1n) is 8.34. The smallest absolute Gasteiger partial charge is 0.258 e. The summed E-state index contributed by atoms with van der Waals surface area (Å²) in [7, 11) is 0. The van der Waals surface area contributed by atoms with Crippen molar-refractivity contribution >= 4 is 44.2 Å². The molecule has 132 valence electrons.